The molecule has 3 N–H and O–H groups in total. The minimum Gasteiger partial charge on any atom is -0.375 e. The summed E-state index contributed by atoms with van der Waals surface area (Å²) in [5.41, 5.74) is 9.48. The van der Waals surface area contributed by atoms with Crippen molar-refractivity contribution in [3.8, 4) is 0 Å². The smallest absolute Gasteiger partial charge is 0.180 e. The van der Waals surface area contributed by atoms with Crippen molar-refractivity contribution in [1.82, 2.24) is 25.0 Å². The molecule has 4 heterocycles. The lowest BCUT2D eigenvalue weighted by atomic mass is 10.1. The number of rotatable bonds is 2. The van der Waals surface area contributed by atoms with Crippen LogP contribution in [-0.4, -0.2) is 32.8 Å². The number of aryl methyl sites for hydroxylation is 1. The number of hydrogen-bond acceptors (Lipinski definition) is 6. The lowest BCUT2D eigenvalue weighted by Crippen LogP contribution is -2.29. The first-order valence-corrected chi connectivity index (χ1v) is 8.32. The summed E-state index contributed by atoms with van der Waals surface area (Å²) in [5.74, 6) is 0. The van der Waals surface area contributed by atoms with E-state index in [9.17, 15) is 0 Å². The first kappa shape index (κ1) is 13.2. The fourth-order valence-electron chi connectivity index (χ4n) is 3.13. The molecule has 0 bridgehead atoms. The van der Waals surface area contributed by atoms with E-state index < -0.39 is 0 Å². The van der Waals surface area contributed by atoms with Crippen LogP contribution >= 0.6 is 11.3 Å². The quantitative estimate of drug-likeness (QED) is 0.865. The van der Waals surface area contributed by atoms with E-state index in [4.69, 9.17) is 10.8 Å². The number of nitrogen functional groups attached to an aromatic ring is 1. The molecule has 2 aromatic rings. The predicted molar refractivity (Wildman–Crippen MR) is 82.9 cm³/mol. The molecule has 2 aliphatic heterocycles. The van der Waals surface area contributed by atoms with Gasteiger partial charge in [0.15, 0.2) is 5.13 Å². The highest BCUT2D eigenvalue weighted by atomic mass is 32.1. The molecule has 2 aliphatic rings. The summed E-state index contributed by atoms with van der Waals surface area (Å²) in [6.07, 6.45) is 2.15. The molecule has 4 rings (SSSR count). The monoisotopic (exact) mass is 304 g/mol. The summed E-state index contributed by atoms with van der Waals surface area (Å²) in [7, 11) is 0. The molecule has 6 nitrogen and oxygen atoms in total. The molecule has 0 fully saturated rings. The number of anilines is 1. The maximum absolute atomic E-state index is 5.80. The zero-order valence-corrected chi connectivity index (χ0v) is 12.8. The molecular formula is C14H20N6S. The van der Waals surface area contributed by atoms with Crippen molar-refractivity contribution in [2.24, 2.45) is 0 Å². The van der Waals surface area contributed by atoms with Gasteiger partial charge >= 0.3 is 0 Å². The highest BCUT2D eigenvalue weighted by Crippen LogP contribution is 2.27. The van der Waals surface area contributed by atoms with E-state index in [1.807, 2.05) is 0 Å². The normalized spacial score (nSPS) is 19.0. The maximum Gasteiger partial charge on any atom is 0.180 e. The van der Waals surface area contributed by atoms with E-state index in [2.05, 4.69) is 25.9 Å². The summed E-state index contributed by atoms with van der Waals surface area (Å²) in [6, 6.07) is 2.24. The Kier molecular flexibility index (Phi) is 3.40. The molecule has 0 unspecified atom stereocenters. The van der Waals surface area contributed by atoms with Crippen molar-refractivity contribution in [3.63, 3.8) is 0 Å². The molecular weight excluding hydrogens is 284 g/mol. The Morgan fingerprint density at radius 3 is 3.29 bits per heavy atom. The number of fused-ring (bicyclic) bond motifs is 2. The van der Waals surface area contributed by atoms with Gasteiger partial charge in [0.2, 0.25) is 0 Å². The van der Waals surface area contributed by atoms with E-state index in [0.717, 1.165) is 52.1 Å². The van der Waals surface area contributed by atoms with E-state index in [1.165, 1.54) is 22.0 Å². The standard InChI is InChI=1S/C14H20N6S/c15-14-17-12-2-5-19(9-13(12)21-14)8-10-6-11-7-16-3-1-4-20(11)18-10/h6,16H,1-5,7-9H2,(H2,15,17). The number of nitrogens with two attached hydrogens (primary N) is 1. The van der Waals surface area contributed by atoms with Crippen LogP contribution in [0.2, 0.25) is 0 Å². The molecule has 0 amide bonds. The van der Waals surface area contributed by atoms with Gasteiger partial charge in [0, 0.05) is 44.0 Å². The Balaban J connectivity index is 1.47. The fraction of sp³-hybridized carbons (Fsp3) is 0.571. The van der Waals surface area contributed by atoms with Gasteiger partial charge in [-0.2, -0.15) is 5.10 Å². The Labute approximate surface area is 128 Å². The number of aromatic nitrogens is 3. The zero-order chi connectivity index (χ0) is 14.2. The molecule has 0 saturated heterocycles. The molecule has 0 saturated carbocycles. The minimum absolute atomic E-state index is 0.696. The number of thiazole rings is 1. The van der Waals surface area contributed by atoms with Crippen LogP contribution in [0, 0.1) is 0 Å². The SMILES string of the molecule is Nc1nc2c(s1)CN(Cc1cc3n(n1)CCCNC3)CC2. The molecule has 112 valence electrons. The van der Waals surface area contributed by atoms with Crippen LogP contribution in [0.3, 0.4) is 0 Å². The molecule has 0 aromatic carbocycles. The number of hydrogen-bond donors (Lipinski definition) is 2. The van der Waals surface area contributed by atoms with Gasteiger partial charge in [0.1, 0.15) is 0 Å². The van der Waals surface area contributed by atoms with Gasteiger partial charge in [-0.1, -0.05) is 0 Å². The summed E-state index contributed by atoms with van der Waals surface area (Å²) >= 11 is 1.62. The highest BCUT2D eigenvalue weighted by Gasteiger charge is 2.21. The van der Waals surface area contributed by atoms with Crippen LogP contribution < -0.4 is 11.1 Å². The molecule has 0 aliphatic carbocycles. The van der Waals surface area contributed by atoms with Crippen molar-refractivity contribution < 1.29 is 0 Å². The van der Waals surface area contributed by atoms with Crippen molar-refractivity contribution in [3.05, 3.63) is 28.0 Å². The zero-order valence-electron chi connectivity index (χ0n) is 12.0. The third kappa shape index (κ3) is 2.68. The van der Waals surface area contributed by atoms with Gasteiger partial charge in [-0.15, -0.1) is 11.3 Å². The number of nitrogens with one attached hydrogen (secondary N) is 1. The second-order valence-electron chi connectivity index (χ2n) is 5.76. The molecule has 21 heavy (non-hydrogen) atoms. The van der Waals surface area contributed by atoms with Crippen LogP contribution in [-0.2, 0) is 32.6 Å². The topological polar surface area (TPSA) is 72.0 Å². The summed E-state index contributed by atoms with van der Waals surface area (Å²) in [5, 5.41) is 8.90. The number of nitrogens with zero attached hydrogens (tertiary/aromatic N) is 4. The molecule has 0 radical (unpaired) electrons. The molecule has 7 heteroatoms. The third-order valence-corrected chi connectivity index (χ3v) is 5.07. The van der Waals surface area contributed by atoms with Gasteiger partial charge in [-0.25, -0.2) is 4.98 Å². The van der Waals surface area contributed by atoms with Crippen molar-refractivity contribution in [1.29, 1.82) is 0 Å². The Morgan fingerprint density at radius 2 is 2.33 bits per heavy atom. The van der Waals surface area contributed by atoms with Crippen LogP contribution in [0.4, 0.5) is 5.13 Å². The summed E-state index contributed by atoms with van der Waals surface area (Å²) < 4.78 is 2.16. The second kappa shape index (κ2) is 5.40. The lowest BCUT2D eigenvalue weighted by molar-refractivity contribution is 0.243. The first-order valence-electron chi connectivity index (χ1n) is 7.50. The predicted octanol–water partition coefficient (Wildman–Crippen LogP) is 0.973. The Morgan fingerprint density at radius 1 is 1.38 bits per heavy atom. The lowest BCUT2D eigenvalue weighted by Gasteiger charge is -2.24. The average molecular weight is 304 g/mol. The van der Waals surface area contributed by atoms with E-state index in [1.54, 1.807) is 11.3 Å². The molecule has 0 spiro atoms. The van der Waals surface area contributed by atoms with Gasteiger partial charge < -0.3 is 11.1 Å². The van der Waals surface area contributed by atoms with Crippen LogP contribution in [0.25, 0.3) is 0 Å². The van der Waals surface area contributed by atoms with Gasteiger partial charge in [0.05, 0.1) is 17.1 Å². The third-order valence-electron chi connectivity index (χ3n) is 4.16. The largest absolute Gasteiger partial charge is 0.375 e. The van der Waals surface area contributed by atoms with Gasteiger partial charge in [-0.3, -0.25) is 9.58 Å². The van der Waals surface area contributed by atoms with E-state index in [-0.39, 0.29) is 0 Å². The van der Waals surface area contributed by atoms with Crippen LogP contribution in [0.15, 0.2) is 6.07 Å². The van der Waals surface area contributed by atoms with E-state index >= 15 is 0 Å². The van der Waals surface area contributed by atoms with Crippen molar-refractivity contribution in [2.45, 2.75) is 39.0 Å². The van der Waals surface area contributed by atoms with E-state index in [0.29, 0.717) is 5.13 Å². The summed E-state index contributed by atoms with van der Waals surface area (Å²) in [6.45, 7) is 5.94. The summed E-state index contributed by atoms with van der Waals surface area (Å²) in [4.78, 5) is 8.16. The first-order chi connectivity index (χ1) is 10.3. The fourth-order valence-corrected chi connectivity index (χ4v) is 4.05. The Bertz CT molecular complexity index is 622. The Hall–Kier alpha value is -1.44. The van der Waals surface area contributed by atoms with Crippen molar-refractivity contribution >= 4 is 16.5 Å². The molecule has 0 atom stereocenters. The van der Waals surface area contributed by atoms with Crippen LogP contribution in [0.1, 0.15) is 28.4 Å². The second-order valence-corrected chi connectivity index (χ2v) is 6.88. The minimum atomic E-state index is 0.696. The van der Waals surface area contributed by atoms with Crippen LogP contribution in [0.5, 0.6) is 0 Å². The average Bonchev–Trinajstić information content (AvgIpc) is 2.94. The van der Waals surface area contributed by atoms with Gasteiger partial charge in [0.25, 0.3) is 0 Å². The molecule has 2 aromatic heterocycles. The maximum atomic E-state index is 5.80. The highest BCUT2D eigenvalue weighted by molar-refractivity contribution is 7.15. The van der Waals surface area contributed by atoms with Crippen molar-refractivity contribution in [2.75, 3.05) is 18.8 Å². The van der Waals surface area contributed by atoms with Gasteiger partial charge in [-0.05, 0) is 19.0 Å².